The minimum atomic E-state index is -4.69. The van der Waals surface area contributed by atoms with E-state index in [4.69, 9.17) is 14.2 Å². The fourth-order valence-electron chi connectivity index (χ4n) is 4.96. The third-order valence-corrected chi connectivity index (χ3v) is 6.49. The molecule has 2 saturated carbocycles. The molecule has 1 heterocycles. The number of fused-ring (bicyclic) bond motifs is 1. The van der Waals surface area contributed by atoms with Gasteiger partial charge in [-0.2, -0.15) is 13.2 Å². The van der Waals surface area contributed by atoms with Gasteiger partial charge in [0.05, 0.1) is 12.8 Å². The van der Waals surface area contributed by atoms with E-state index < -0.39 is 60.0 Å². The molecule has 166 valence electrons. The molecule has 5 unspecified atom stereocenters. The molecular weight excluding hydrogens is 417 g/mol. The van der Waals surface area contributed by atoms with Crippen LogP contribution in [0.25, 0.3) is 6.08 Å². The van der Waals surface area contributed by atoms with Crippen LogP contribution in [0.5, 0.6) is 0 Å². The molecule has 0 radical (unpaired) electrons. The summed E-state index contributed by atoms with van der Waals surface area (Å²) in [5, 5.41) is 0. The van der Waals surface area contributed by atoms with Crippen LogP contribution in [0.3, 0.4) is 0 Å². The van der Waals surface area contributed by atoms with Gasteiger partial charge in [-0.05, 0) is 24.0 Å². The highest BCUT2D eigenvalue weighted by atomic mass is 19.4. The molecule has 31 heavy (non-hydrogen) atoms. The predicted molar refractivity (Wildman–Crippen MR) is 100 cm³/mol. The van der Waals surface area contributed by atoms with Crippen molar-refractivity contribution in [1.29, 1.82) is 0 Å². The summed E-state index contributed by atoms with van der Waals surface area (Å²) in [5.41, 5.74) is -0.766. The zero-order chi connectivity index (χ0) is 22.4. The normalized spacial score (nSPS) is 30.7. The molecular formula is C22H21F3O6. The number of benzene rings is 1. The van der Waals surface area contributed by atoms with Crippen molar-refractivity contribution >= 4 is 24.0 Å². The molecule has 5 atom stereocenters. The van der Waals surface area contributed by atoms with Gasteiger partial charge in [0.1, 0.15) is 18.8 Å². The van der Waals surface area contributed by atoms with E-state index in [2.05, 4.69) is 6.58 Å². The highest BCUT2D eigenvalue weighted by Gasteiger charge is 2.80. The largest absolute Gasteiger partial charge is 0.461 e. The van der Waals surface area contributed by atoms with E-state index in [0.29, 0.717) is 0 Å². The summed E-state index contributed by atoms with van der Waals surface area (Å²) in [6.07, 6.45) is -5.78. The van der Waals surface area contributed by atoms with Crippen LogP contribution >= 0.6 is 0 Å². The van der Waals surface area contributed by atoms with Gasteiger partial charge in [-0.1, -0.05) is 36.9 Å². The maximum absolute atomic E-state index is 13.5. The number of hydrogen-bond donors (Lipinski definition) is 0. The maximum Gasteiger partial charge on any atom is 0.405 e. The highest BCUT2D eigenvalue weighted by Crippen LogP contribution is 2.67. The van der Waals surface area contributed by atoms with Crippen LogP contribution in [0, 0.1) is 17.3 Å². The van der Waals surface area contributed by atoms with Gasteiger partial charge in [-0.3, -0.25) is 14.4 Å². The molecule has 1 aliphatic heterocycles. The Hall–Kier alpha value is -2.84. The van der Waals surface area contributed by atoms with E-state index in [1.54, 1.807) is 18.2 Å². The first-order valence-corrected chi connectivity index (χ1v) is 10.00. The Labute approximate surface area is 176 Å². The molecule has 1 aromatic rings. The molecule has 3 fully saturated rings. The molecule has 0 aromatic heterocycles. The van der Waals surface area contributed by atoms with E-state index in [-0.39, 0.29) is 25.9 Å². The number of ether oxygens (including phenoxy) is 3. The average Bonchev–Trinajstić information content (AvgIpc) is 3.33. The van der Waals surface area contributed by atoms with Crippen molar-refractivity contribution in [2.24, 2.45) is 17.3 Å². The molecule has 1 saturated heterocycles. The van der Waals surface area contributed by atoms with Crippen molar-refractivity contribution in [2.75, 3.05) is 0 Å². The third-order valence-electron chi connectivity index (χ3n) is 6.49. The topological polar surface area (TPSA) is 78.9 Å². The van der Waals surface area contributed by atoms with Crippen LogP contribution in [0.15, 0.2) is 30.8 Å². The Morgan fingerprint density at radius 3 is 2.52 bits per heavy atom. The summed E-state index contributed by atoms with van der Waals surface area (Å²) in [7, 11) is 0. The summed E-state index contributed by atoms with van der Waals surface area (Å²) in [6.45, 7) is 3.70. The SMILES string of the molecule is C=Cc1ccc(COC(=O)CCC(=O)OC2C3CC4C2OC(=O)C4(C(F)(F)F)C3)cc1. The zero-order valence-electron chi connectivity index (χ0n) is 16.5. The lowest BCUT2D eigenvalue weighted by Crippen LogP contribution is -2.48. The first-order valence-electron chi connectivity index (χ1n) is 10.00. The minimum absolute atomic E-state index is 0.0508. The predicted octanol–water partition coefficient (Wildman–Crippen LogP) is 3.58. The molecule has 9 heteroatoms. The number of halogens is 3. The van der Waals surface area contributed by atoms with Crippen LogP contribution in [-0.4, -0.2) is 36.3 Å². The molecule has 2 aliphatic carbocycles. The van der Waals surface area contributed by atoms with Crippen LogP contribution in [0.4, 0.5) is 13.2 Å². The van der Waals surface area contributed by atoms with Gasteiger partial charge >= 0.3 is 24.1 Å². The summed E-state index contributed by atoms with van der Waals surface area (Å²) in [5.74, 6) is -4.22. The Morgan fingerprint density at radius 2 is 1.87 bits per heavy atom. The molecule has 0 spiro atoms. The average molecular weight is 438 g/mol. The van der Waals surface area contributed by atoms with E-state index in [9.17, 15) is 27.6 Å². The van der Waals surface area contributed by atoms with E-state index in [1.807, 2.05) is 12.1 Å². The second-order valence-electron chi connectivity index (χ2n) is 8.21. The van der Waals surface area contributed by atoms with Crippen molar-refractivity contribution in [1.82, 2.24) is 0 Å². The Balaban J connectivity index is 1.25. The lowest BCUT2D eigenvalue weighted by molar-refractivity contribution is -0.231. The summed E-state index contributed by atoms with van der Waals surface area (Å²) >= 11 is 0. The van der Waals surface area contributed by atoms with Gasteiger partial charge in [0.25, 0.3) is 0 Å². The van der Waals surface area contributed by atoms with Crippen LogP contribution < -0.4 is 0 Å². The van der Waals surface area contributed by atoms with Crippen molar-refractivity contribution < 1.29 is 41.8 Å². The fourth-order valence-corrected chi connectivity index (χ4v) is 4.96. The lowest BCUT2D eigenvalue weighted by Gasteiger charge is -2.33. The maximum atomic E-state index is 13.5. The highest BCUT2D eigenvalue weighted by molar-refractivity contribution is 5.83. The van der Waals surface area contributed by atoms with E-state index in [0.717, 1.165) is 11.1 Å². The zero-order valence-corrected chi connectivity index (χ0v) is 16.5. The molecule has 0 N–H and O–H groups in total. The fraction of sp³-hybridized carbons (Fsp3) is 0.500. The first-order chi connectivity index (χ1) is 14.7. The molecule has 3 aliphatic rings. The minimum Gasteiger partial charge on any atom is -0.461 e. The van der Waals surface area contributed by atoms with Crippen LogP contribution in [-0.2, 0) is 35.2 Å². The number of hydrogen-bond acceptors (Lipinski definition) is 6. The number of carbonyl (C=O) groups excluding carboxylic acids is 3. The van der Waals surface area contributed by atoms with E-state index >= 15 is 0 Å². The second kappa shape index (κ2) is 7.69. The summed E-state index contributed by atoms with van der Waals surface area (Å²) in [4.78, 5) is 36.0. The standard InChI is InChI=1S/C22H21F3O6/c1-2-12-3-5-13(6-4-12)11-29-16(26)7-8-17(27)30-18-14-9-15-19(18)31-20(28)21(15,10-14)22(23,24)25/h2-6,14-15,18-19H,1,7-11H2. The number of alkyl halides is 3. The lowest BCUT2D eigenvalue weighted by atomic mass is 9.73. The quantitative estimate of drug-likeness (QED) is 0.478. The van der Waals surface area contributed by atoms with E-state index in [1.165, 1.54) is 0 Å². The molecule has 2 bridgehead atoms. The van der Waals surface area contributed by atoms with Gasteiger partial charge in [0.2, 0.25) is 0 Å². The molecule has 4 rings (SSSR count). The molecule has 0 amide bonds. The number of carbonyl (C=O) groups is 3. The van der Waals surface area contributed by atoms with Crippen molar-refractivity contribution in [3.05, 3.63) is 42.0 Å². The Kier molecular flexibility index (Phi) is 5.31. The second-order valence-corrected chi connectivity index (χ2v) is 8.21. The van der Waals surface area contributed by atoms with Crippen LogP contribution in [0.1, 0.15) is 36.8 Å². The summed E-state index contributed by atoms with van der Waals surface area (Å²) < 4.78 is 56.0. The Morgan fingerprint density at radius 1 is 1.19 bits per heavy atom. The van der Waals surface area contributed by atoms with Gasteiger partial charge in [0, 0.05) is 11.8 Å². The number of esters is 3. The number of rotatable bonds is 7. The molecule has 6 nitrogen and oxygen atoms in total. The van der Waals surface area contributed by atoms with Gasteiger partial charge < -0.3 is 14.2 Å². The van der Waals surface area contributed by atoms with Crippen LogP contribution in [0.2, 0.25) is 0 Å². The van der Waals surface area contributed by atoms with Gasteiger partial charge in [0.15, 0.2) is 5.41 Å². The van der Waals surface area contributed by atoms with Crippen molar-refractivity contribution in [2.45, 2.75) is 50.7 Å². The van der Waals surface area contributed by atoms with Crippen molar-refractivity contribution in [3.8, 4) is 0 Å². The van der Waals surface area contributed by atoms with Gasteiger partial charge in [-0.15, -0.1) is 0 Å². The Bertz CT molecular complexity index is 909. The van der Waals surface area contributed by atoms with Gasteiger partial charge in [-0.25, -0.2) is 0 Å². The molecule has 1 aromatic carbocycles. The monoisotopic (exact) mass is 438 g/mol. The smallest absolute Gasteiger partial charge is 0.405 e. The summed E-state index contributed by atoms with van der Waals surface area (Å²) in [6, 6.07) is 7.23. The van der Waals surface area contributed by atoms with Crippen molar-refractivity contribution in [3.63, 3.8) is 0 Å². The third kappa shape index (κ3) is 3.59. The first kappa shape index (κ1) is 21.4.